The standard InChI is InChI=1S/C27H31N3O2/c1-3-15-29-27(31)21-10-12-22(13-11-21)30-25(20-7-5-4-6-8-20)26-18(2)23-16-19(17-28)9-14-24(23)32-26/h9-14,16,20,25,30H,3-8,15H2,1-2H3,(H,29,31). The Morgan fingerprint density at radius 2 is 1.91 bits per heavy atom. The van der Waals surface area contributed by atoms with E-state index in [4.69, 9.17) is 4.42 Å². The number of furan rings is 1. The summed E-state index contributed by atoms with van der Waals surface area (Å²) in [5, 5.41) is 16.9. The molecule has 166 valence electrons. The number of carbonyl (C=O) groups is 1. The maximum atomic E-state index is 12.2. The monoisotopic (exact) mass is 429 g/mol. The largest absolute Gasteiger partial charge is 0.459 e. The number of aryl methyl sites for hydroxylation is 1. The van der Waals surface area contributed by atoms with Crippen LogP contribution in [0, 0.1) is 24.2 Å². The van der Waals surface area contributed by atoms with Crippen LogP contribution in [0.15, 0.2) is 46.9 Å². The third-order valence-electron chi connectivity index (χ3n) is 6.51. The van der Waals surface area contributed by atoms with Crippen molar-refractivity contribution >= 4 is 22.6 Å². The van der Waals surface area contributed by atoms with Crippen LogP contribution in [0.4, 0.5) is 5.69 Å². The third-order valence-corrected chi connectivity index (χ3v) is 6.51. The number of hydrogen-bond acceptors (Lipinski definition) is 4. The number of nitriles is 1. The molecule has 0 bridgehead atoms. The van der Waals surface area contributed by atoms with Crippen LogP contribution in [-0.2, 0) is 0 Å². The SMILES string of the molecule is CCCNC(=O)c1ccc(NC(c2oc3ccc(C#N)cc3c2C)C2CCCCC2)cc1. The Morgan fingerprint density at radius 3 is 2.59 bits per heavy atom. The van der Waals surface area contributed by atoms with Crippen molar-refractivity contribution in [3.63, 3.8) is 0 Å². The van der Waals surface area contributed by atoms with Crippen molar-refractivity contribution < 1.29 is 9.21 Å². The molecule has 1 aliphatic rings. The van der Waals surface area contributed by atoms with Crippen LogP contribution >= 0.6 is 0 Å². The van der Waals surface area contributed by atoms with Crippen molar-refractivity contribution in [2.45, 2.75) is 58.4 Å². The summed E-state index contributed by atoms with van der Waals surface area (Å²) in [6, 6.07) is 15.6. The van der Waals surface area contributed by atoms with Gasteiger partial charge in [0.05, 0.1) is 17.7 Å². The Labute approximate surface area is 189 Å². The molecule has 0 radical (unpaired) electrons. The molecular formula is C27H31N3O2. The molecule has 1 aliphatic carbocycles. The number of amides is 1. The van der Waals surface area contributed by atoms with E-state index in [1.54, 1.807) is 6.07 Å². The van der Waals surface area contributed by atoms with E-state index in [0.29, 0.717) is 23.6 Å². The maximum Gasteiger partial charge on any atom is 0.251 e. The van der Waals surface area contributed by atoms with Gasteiger partial charge in [-0.15, -0.1) is 0 Å². The average molecular weight is 430 g/mol. The molecule has 4 rings (SSSR count). The third kappa shape index (κ3) is 4.65. The molecule has 1 aromatic heterocycles. The minimum absolute atomic E-state index is 0.0383. The second-order valence-electron chi connectivity index (χ2n) is 8.77. The molecule has 1 fully saturated rings. The normalized spacial score (nSPS) is 15.3. The molecule has 1 heterocycles. The van der Waals surface area contributed by atoms with Gasteiger partial charge in [0, 0.05) is 28.7 Å². The minimum Gasteiger partial charge on any atom is -0.459 e. The Hall–Kier alpha value is -3.26. The van der Waals surface area contributed by atoms with E-state index in [2.05, 4.69) is 23.6 Å². The van der Waals surface area contributed by atoms with Gasteiger partial charge in [-0.1, -0.05) is 26.2 Å². The molecule has 32 heavy (non-hydrogen) atoms. The maximum absolute atomic E-state index is 12.2. The summed E-state index contributed by atoms with van der Waals surface area (Å²) in [4.78, 5) is 12.2. The molecule has 5 heteroatoms. The lowest BCUT2D eigenvalue weighted by Gasteiger charge is -2.31. The van der Waals surface area contributed by atoms with Gasteiger partial charge in [0.1, 0.15) is 11.3 Å². The average Bonchev–Trinajstić information content (AvgIpc) is 3.17. The first-order valence-electron chi connectivity index (χ1n) is 11.7. The fourth-order valence-corrected chi connectivity index (χ4v) is 4.71. The number of hydrogen-bond donors (Lipinski definition) is 2. The molecule has 0 spiro atoms. The van der Waals surface area contributed by atoms with Crippen molar-refractivity contribution in [1.29, 1.82) is 5.26 Å². The lowest BCUT2D eigenvalue weighted by molar-refractivity contribution is 0.0953. The van der Waals surface area contributed by atoms with Crippen molar-refractivity contribution in [2.24, 2.45) is 5.92 Å². The summed E-state index contributed by atoms with van der Waals surface area (Å²) in [5.74, 6) is 1.39. The molecule has 1 atom stereocenters. The van der Waals surface area contributed by atoms with Crippen molar-refractivity contribution in [3.05, 3.63) is 64.9 Å². The Morgan fingerprint density at radius 1 is 1.16 bits per heavy atom. The summed E-state index contributed by atoms with van der Waals surface area (Å²) in [5.41, 5.74) is 4.21. The number of nitrogens with one attached hydrogen (secondary N) is 2. The van der Waals surface area contributed by atoms with Crippen LogP contribution in [0.3, 0.4) is 0 Å². The Bertz CT molecular complexity index is 1120. The topological polar surface area (TPSA) is 78.1 Å². The molecule has 3 aromatic rings. The van der Waals surface area contributed by atoms with Crippen molar-refractivity contribution in [2.75, 3.05) is 11.9 Å². The fourth-order valence-electron chi connectivity index (χ4n) is 4.71. The van der Waals surface area contributed by atoms with Gasteiger partial charge < -0.3 is 15.1 Å². The number of rotatable bonds is 7. The zero-order valence-corrected chi connectivity index (χ0v) is 18.9. The first kappa shape index (κ1) is 22.0. The van der Waals surface area contributed by atoms with E-state index < -0.39 is 0 Å². The molecular weight excluding hydrogens is 398 g/mol. The van der Waals surface area contributed by atoms with Gasteiger partial charge in [-0.2, -0.15) is 5.26 Å². The smallest absolute Gasteiger partial charge is 0.251 e. The predicted molar refractivity (Wildman–Crippen MR) is 128 cm³/mol. The molecule has 2 N–H and O–H groups in total. The number of carbonyl (C=O) groups excluding carboxylic acids is 1. The van der Waals surface area contributed by atoms with Crippen LogP contribution in [-0.4, -0.2) is 12.5 Å². The van der Waals surface area contributed by atoms with Gasteiger partial charge in [-0.3, -0.25) is 4.79 Å². The van der Waals surface area contributed by atoms with Gasteiger partial charge in [0.15, 0.2) is 0 Å². The Kier molecular flexibility index (Phi) is 6.80. The second kappa shape index (κ2) is 9.91. The fraction of sp³-hybridized carbons (Fsp3) is 0.407. The number of nitrogens with zero attached hydrogens (tertiary/aromatic N) is 1. The Balaban J connectivity index is 1.63. The van der Waals surface area contributed by atoms with Gasteiger partial charge >= 0.3 is 0 Å². The molecule has 2 aromatic carbocycles. The first-order valence-corrected chi connectivity index (χ1v) is 11.7. The van der Waals surface area contributed by atoms with Gasteiger partial charge in [-0.25, -0.2) is 0 Å². The van der Waals surface area contributed by atoms with E-state index in [1.807, 2.05) is 43.3 Å². The summed E-state index contributed by atoms with van der Waals surface area (Å²) in [6.45, 7) is 4.81. The first-order chi connectivity index (χ1) is 15.6. The highest BCUT2D eigenvalue weighted by Gasteiger charge is 2.30. The van der Waals surface area contributed by atoms with E-state index >= 15 is 0 Å². The van der Waals surface area contributed by atoms with Gasteiger partial charge in [-0.05, 0) is 74.6 Å². The highest BCUT2D eigenvalue weighted by molar-refractivity contribution is 5.94. The molecule has 5 nitrogen and oxygen atoms in total. The van der Waals surface area contributed by atoms with Gasteiger partial charge in [0.2, 0.25) is 0 Å². The highest BCUT2D eigenvalue weighted by Crippen LogP contribution is 2.41. The second-order valence-corrected chi connectivity index (χ2v) is 8.77. The van der Waals surface area contributed by atoms with Crippen molar-refractivity contribution in [1.82, 2.24) is 5.32 Å². The number of anilines is 1. The minimum atomic E-state index is -0.0383. The zero-order valence-electron chi connectivity index (χ0n) is 18.9. The summed E-state index contributed by atoms with van der Waals surface area (Å²) in [7, 11) is 0. The molecule has 1 unspecified atom stereocenters. The summed E-state index contributed by atoms with van der Waals surface area (Å²) < 4.78 is 6.36. The van der Waals surface area contributed by atoms with Gasteiger partial charge in [0.25, 0.3) is 5.91 Å². The number of fused-ring (bicyclic) bond motifs is 1. The predicted octanol–water partition coefficient (Wildman–Crippen LogP) is 6.49. The van der Waals surface area contributed by atoms with E-state index in [9.17, 15) is 10.1 Å². The quantitative estimate of drug-likeness (QED) is 0.450. The lowest BCUT2D eigenvalue weighted by atomic mass is 9.82. The lowest BCUT2D eigenvalue weighted by Crippen LogP contribution is -2.24. The molecule has 1 amide bonds. The van der Waals surface area contributed by atoms with Crippen LogP contribution in [0.25, 0.3) is 11.0 Å². The van der Waals surface area contributed by atoms with Crippen LogP contribution < -0.4 is 10.6 Å². The molecule has 0 saturated heterocycles. The van der Waals surface area contributed by atoms with E-state index in [0.717, 1.165) is 47.2 Å². The highest BCUT2D eigenvalue weighted by atomic mass is 16.3. The molecule has 1 saturated carbocycles. The van der Waals surface area contributed by atoms with E-state index in [-0.39, 0.29) is 11.9 Å². The van der Waals surface area contributed by atoms with Crippen molar-refractivity contribution in [3.8, 4) is 6.07 Å². The molecule has 0 aliphatic heterocycles. The zero-order chi connectivity index (χ0) is 22.5. The summed E-state index contributed by atoms with van der Waals surface area (Å²) in [6.07, 6.45) is 7.00. The summed E-state index contributed by atoms with van der Waals surface area (Å²) >= 11 is 0. The van der Waals surface area contributed by atoms with Crippen LogP contribution in [0.1, 0.15) is 78.7 Å². The van der Waals surface area contributed by atoms with Crippen LogP contribution in [0.2, 0.25) is 0 Å². The number of benzene rings is 2. The van der Waals surface area contributed by atoms with Crippen LogP contribution in [0.5, 0.6) is 0 Å². The van der Waals surface area contributed by atoms with E-state index in [1.165, 1.54) is 19.3 Å².